The van der Waals surface area contributed by atoms with Crippen molar-refractivity contribution in [3.05, 3.63) is 29.3 Å². The van der Waals surface area contributed by atoms with Gasteiger partial charge in [-0.1, -0.05) is 0 Å². The molecular weight excluding hydrogens is 290 g/mol. The summed E-state index contributed by atoms with van der Waals surface area (Å²) in [6, 6.07) is 4.27. The molecule has 7 heteroatoms. The maximum atomic E-state index is 12.1. The summed E-state index contributed by atoms with van der Waals surface area (Å²) in [5.74, 6) is -0.262. The Morgan fingerprint density at radius 2 is 2.00 bits per heavy atom. The van der Waals surface area contributed by atoms with Gasteiger partial charge < -0.3 is 9.64 Å². The fourth-order valence-corrected chi connectivity index (χ4v) is 2.37. The summed E-state index contributed by atoms with van der Waals surface area (Å²) in [7, 11) is 4.57. The SMILES string of the molecule is CCN(C)C(=O)c1cc(COC)cc(S(=O)(=O)Cl)c1. The molecule has 1 aromatic carbocycles. The number of carbonyl (C=O) groups is 1. The molecule has 0 aliphatic heterocycles. The topological polar surface area (TPSA) is 63.7 Å². The fourth-order valence-electron chi connectivity index (χ4n) is 1.54. The smallest absolute Gasteiger partial charge is 0.261 e. The van der Waals surface area contributed by atoms with E-state index in [2.05, 4.69) is 0 Å². The van der Waals surface area contributed by atoms with Gasteiger partial charge in [0.05, 0.1) is 11.5 Å². The van der Waals surface area contributed by atoms with Gasteiger partial charge in [0.1, 0.15) is 0 Å². The average Bonchev–Trinajstić information content (AvgIpc) is 2.36. The highest BCUT2D eigenvalue weighted by Crippen LogP contribution is 2.20. The zero-order valence-corrected chi connectivity index (χ0v) is 12.6. The zero-order chi connectivity index (χ0) is 14.6. The van der Waals surface area contributed by atoms with Gasteiger partial charge >= 0.3 is 0 Å². The van der Waals surface area contributed by atoms with E-state index in [1.165, 1.54) is 24.1 Å². The Morgan fingerprint density at radius 3 is 2.47 bits per heavy atom. The number of rotatable bonds is 5. The highest BCUT2D eigenvalue weighted by atomic mass is 35.7. The standard InChI is InChI=1S/C12H16ClNO4S/c1-4-14(2)12(15)10-5-9(8-18-3)6-11(7-10)19(13,16)17/h5-7H,4,8H2,1-3H3. The molecule has 1 aromatic rings. The molecule has 0 saturated carbocycles. The van der Waals surface area contributed by atoms with Crippen molar-refractivity contribution in [1.82, 2.24) is 4.90 Å². The Bertz CT molecular complexity index is 571. The van der Waals surface area contributed by atoms with Crippen LogP contribution in [0.3, 0.4) is 0 Å². The van der Waals surface area contributed by atoms with Crippen molar-refractivity contribution >= 4 is 25.6 Å². The number of carbonyl (C=O) groups excluding carboxylic acids is 1. The number of hydrogen-bond acceptors (Lipinski definition) is 4. The van der Waals surface area contributed by atoms with Gasteiger partial charge in [0.15, 0.2) is 0 Å². The molecule has 0 fully saturated rings. The molecule has 19 heavy (non-hydrogen) atoms. The number of hydrogen-bond donors (Lipinski definition) is 0. The Balaban J connectivity index is 3.32. The third-order valence-electron chi connectivity index (χ3n) is 2.63. The van der Waals surface area contributed by atoms with Crippen molar-refractivity contribution in [3.63, 3.8) is 0 Å². The number of nitrogens with zero attached hydrogens (tertiary/aromatic N) is 1. The predicted molar refractivity (Wildman–Crippen MR) is 72.8 cm³/mol. The fraction of sp³-hybridized carbons (Fsp3) is 0.417. The van der Waals surface area contributed by atoms with Crippen LogP contribution < -0.4 is 0 Å². The minimum atomic E-state index is -3.89. The summed E-state index contributed by atoms with van der Waals surface area (Å²) in [4.78, 5) is 13.4. The molecule has 106 valence electrons. The minimum Gasteiger partial charge on any atom is -0.380 e. The molecule has 0 N–H and O–H groups in total. The summed E-state index contributed by atoms with van der Waals surface area (Å²) in [6.45, 7) is 2.56. The van der Waals surface area contributed by atoms with E-state index in [9.17, 15) is 13.2 Å². The Morgan fingerprint density at radius 1 is 1.37 bits per heavy atom. The van der Waals surface area contributed by atoms with E-state index in [1.54, 1.807) is 13.1 Å². The minimum absolute atomic E-state index is 0.100. The van der Waals surface area contributed by atoms with Crippen molar-refractivity contribution in [2.75, 3.05) is 20.7 Å². The van der Waals surface area contributed by atoms with Gasteiger partial charge in [-0.05, 0) is 30.7 Å². The predicted octanol–water partition coefficient (Wildman–Crippen LogP) is 1.85. The number of ether oxygens (including phenoxy) is 1. The van der Waals surface area contributed by atoms with Crippen molar-refractivity contribution in [3.8, 4) is 0 Å². The molecule has 0 saturated heterocycles. The lowest BCUT2D eigenvalue weighted by atomic mass is 10.1. The third-order valence-corrected chi connectivity index (χ3v) is 3.96. The van der Waals surface area contributed by atoms with E-state index < -0.39 is 9.05 Å². The Labute approximate surface area is 117 Å². The highest BCUT2D eigenvalue weighted by molar-refractivity contribution is 8.13. The van der Waals surface area contributed by atoms with Gasteiger partial charge in [0.2, 0.25) is 0 Å². The van der Waals surface area contributed by atoms with E-state index in [0.29, 0.717) is 12.1 Å². The third kappa shape index (κ3) is 4.19. The lowest BCUT2D eigenvalue weighted by Crippen LogP contribution is -2.26. The molecule has 0 aliphatic carbocycles. The first-order valence-electron chi connectivity index (χ1n) is 5.62. The van der Waals surface area contributed by atoms with Gasteiger partial charge in [0, 0.05) is 36.9 Å². The van der Waals surface area contributed by atoms with E-state index in [-0.39, 0.29) is 23.0 Å². The van der Waals surface area contributed by atoms with Crippen LogP contribution in [0.25, 0.3) is 0 Å². The van der Waals surface area contributed by atoms with Crippen LogP contribution in [0, 0.1) is 0 Å². The first-order valence-corrected chi connectivity index (χ1v) is 7.93. The van der Waals surface area contributed by atoms with Crippen LogP contribution in [0.1, 0.15) is 22.8 Å². The summed E-state index contributed by atoms with van der Waals surface area (Å²) in [5, 5.41) is 0. The van der Waals surface area contributed by atoms with E-state index >= 15 is 0 Å². The normalized spacial score (nSPS) is 11.4. The zero-order valence-electron chi connectivity index (χ0n) is 11.0. The maximum absolute atomic E-state index is 12.1. The second kappa shape index (κ2) is 6.36. The first kappa shape index (κ1) is 15.9. The van der Waals surface area contributed by atoms with Crippen LogP contribution in [0.2, 0.25) is 0 Å². The van der Waals surface area contributed by atoms with Crippen LogP contribution in [-0.4, -0.2) is 39.9 Å². The quantitative estimate of drug-likeness (QED) is 0.779. The van der Waals surface area contributed by atoms with Crippen molar-refractivity contribution in [1.29, 1.82) is 0 Å². The van der Waals surface area contributed by atoms with Crippen LogP contribution in [0.4, 0.5) is 0 Å². The maximum Gasteiger partial charge on any atom is 0.261 e. The molecule has 0 atom stereocenters. The molecule has 1 amide bonds. The summed E-state index contributed by atoms with van der Waals surface area (Å²) >= 11 is 0. The molecule has 0 bridgehead atoms. The molecule has 5 nitrogen and oxygen atoms in total. The van der Waals surface area contributed by atoms with E-state index in [4.69, 9.17) is 15.4 Å². The number of benzene rings is 1. The van der Waals surface area contributed by atoms with Gasteiger partial charge in [0.25, 0.3) is 15.0 Å². The Kier molecular flexibility index (Phi) is 5.34. The van der Waals surface area contributed by atoms with Crippen LogP contribution in [0.5, 0.6) is 0 Å². The van der Waals surface area contributed by atoms with Gasteiger partial charge in [-0.3, -0.25) is 4.79 Å². The molecule has 0 unspecified atom stereocenters. The van der Waals surface area contributed by atoms with Gasteiger partial charge in [-0.25, -0.2) is 8.42 Å². The molecule has 0 radical (unpaired) electrons. The molecular formula is C12H16ClNO4S. The average molecular weight is 306 g/mol. The van der Waals surface area contributed by atoms with Crippen molar-refractivity contribution < 1.29 is 17.9 Å². The van der Waals surface area contributed by atoms with E-state index in [0.717, 1.165) is 0 Å². The van der Waals surface area contributed by atoms with E-state index in [1.807, 2.05) is 6.92 Å². The van der Waals surface area contributed by atoms with Gasteiger partial charge in [-0.2, -0.15) is 0 Å². The molecule has 0 spiro atoms. The second-order valence-electron chi connectivity index (χ2n) is 4.06. The number of amides is 1. The highest BCUT2D eigenvalue weighted by Gasteiger charge is 2.17. The second-order valence-corrected chi connectivity index (χ2v) is 6.62. The number of halogens is 1. The molecule has 1 rings (SSSR count). The summed E-state index contributed by atoms with van der Waals surface area (Å²) in [5.41, 5.74) is 0.857. The Hall–Kier alpha value is -1.11. The summed E-state index contributed by atoms with van der Waals surface area (Å²) < 4.78 is 27.8. The first-order chi connectivity index (χ1) is 8.79. The lowest BCUT2D eigenvalue weighted by molar-refractivity contribution is 0.0802. The van der Waals surface area contributed by atoms with Crippen molar-refractivity contribution in [2.24, 2.45) is 0 Å². The monoisotopic (exact) mass is 305 g/mol. The number of methoxy groups -OCH3 is 1. The van der Waals surface area contributed by atoms with Gasteiger partial charge in [-0.15, -0.1) is 0 Å². The summed E-state index contributed by atoms with van der Waals surface area (Å²) in [6.07, 6.45) is 0. The van der Waals surface area contributed by atoms with Crippen LogP contribution >= 0.6 is 10.7 Å². The van der Waals surface area contributed by atoms with Crippen LogP contribution in [-0.2, 0) is 20.4 Å². The van der Waals surface area contributed by atoms with Crippen molar-refractivity contribution in [2.45, 2.75) is 18.4 Å². The lowest BCUT2D eigenvalue weighted by Gasteiger charge is -2.15. The largest absolute Gasteiger partial charge is 0.380 e. The molecule has 0 aliphatic rings. The molecule has 0 aromatic heterocycles. The van der Waals surface area contributed by atoms with Crippen LogP contribution in [0.15, 0.2) is 23.1 Å². The molecule has 0 heterocycles.